The van der Waals surface area contributed by atoms with Gasteiger partial charge in [-0.15, -0.1) is 0 Å². The minimum absolute atomic E-state index is 0.369. The van der Waals surface area contributed by atoms with E-state index >= 15 is 0 Å². The van der Waals surface area contributed by atoms with E-state index in [1.54, 1.807) is 0 Å². The van der Waals surface area contributed by atoms with Gasteiger partial charge in [-0.3, -0.25) is 0 Å². The van der Waals surface area contributed by atoms with Gasteiger partial charge in [-0.1, -0.05) is 87.5 Å². The SMILES string of the molecule is C=CC(=O)OCCc1cc(-c2ccc(CCc3ccc(CCC)cc3)cc2CC)ccc1C. The van der Waals surface area contributed by atoms with Crippen molar-refractivity contribution in [3.63, 3.8) is 0 Å². The predicted octanol–water partition coefficient (Wildman–Crippen LogP) is 7.23. The number of benzene rings is 3. The number of carbonyl (C=O) groups is 1. The molecule has 0 N–H and O–H groups in total. The second-order valence-electron chi connectivity index (χ2n) is 8.67. The molecule has 3 aromatic rings. The Morgan fingerprint density at radius 2 is 1.48 bits per heavy atom. The van der Waals surface area contributed by atoms with E-state index in [-0.39, 0.29) is 5.97 Å². The molecule has 0 amide bonds. The first-order valence-electron chi connectivity index (χ1n) is 12.1. The Morgan fingerprint density at radius 1 is 0.818 bits per heavy atom. The van der Waals surface area contributed by atoms with Crippen LogP contribution in [0.1, 0.15) is 53.6 Å². The van der Waals surface area contributed by atoms with Crippen molar-refractivity contribution in [2.75, 3.05) is 6.61 Å². The van der Waals surface area contributed by atoms with E-state index in [4.69, 9.17) is 4.74 Å². The van der Waals surface area contributed by atoms with Crippen LogP contribution < -0.4 is 0 Å². The zero-order valence-electron chi connectivity index (χ0n) is 20.3. The molecule has 2 heteroatoms. The number of aryl methyl sites for hydroxylation is 5. The molecule has 0 radical (unpaired) electrons. The smallest absolute Gasteiger partial charge is 0.330 e. The molecule has 0 unspecified atom stereocenters. The lowest BCUT2D eigenvalue weighted by atomic mass is 9.92. The molecule has 2 nitrogen and oxygen atoms in total. The Balaban J connectivity index is 1.71. The van der Waals surface area contributed by atoms with Crippen molar-refractivity contribution in [2.24, 2.45) is 0 Å². The summed E-state index contributed by atoms with van der Waals surface area (Å²) < 4.78 is 5.18. The van der Waals surface area contributed by atoms with Crippen molar-refractivity contribution >= 4 is 5.97 Å². The van der Waals surface area contributed by atoms with Crippen molar-refractivity contribution in [3.05, 3.63) is 107 Å². The minimum atomic E-state index is -0.371. The molecule has 0 aliphatic heterocycles. The average molecular weight is 441 g/mol. The van der Waals surface area contributed by atoms with Gasteiger partial charge in [-0.25, -0.2) is 4.79 Å². The van der Waals surface area contributed by atoms with Gasteiger partial charge < -0.3 is 4.74 Å². The first-order chi connectivity index (χ1) is 16.0. The van der Waals surface area contributed by atoms with Gasteiger partial charge in [-0.2, -0.15) is 0 Å². The summed E-state index contributed by atoms with van der Waals surface area (Å²) in [6, 6.07) is 22.6. The molecule has 0 aliphatic rings. The lowest BCUT2D eigenvalue weighted by Gasteiger charge is -2.14. The van der Waals surface area contributed by atoms with Gasteiger partial charge in [-0.05, 0) is 77.1 Å². The highest BCUT2D eigenvalue weighted by Gasteiger charge is 2.09. The van der Waals surface area contributed by atoms with E-state index in [1.165, 1.54) is 57.0 Å². The first kappa shape index (κ1) is 24.5. The van der Waals surface area contributed by atoms with Crippen LogP contribution in [0, 0.1) is 6.92 Å². The molecule has 0 aliphatic carbocycles. The van der Waals surface area contributed by atoms with Crippen LogP contribution in [0.3, 0.4) is 0 Å². The Bertz CT molecular complexity index is 1080. The highest BCUT2D eigenvalue weighted by atomic mass is 16.5. The minimum Gasteiger partial charge on any atom is -0.462 e. The number of hydrogen-bond acceptors (Lipinski definition) is 2. The Hall–Kier alpha value is -3.13. The number of hydrogen-bond donors (Lipinski definition) is 0. The van der Waals surface area contributed by atoms with Crippen LogP contribution in [-0.2, 0) is 41.6 Å². The second kappa shape index (κ2) is 12.2. The topological polar surface area (TPSA) is 26.3 Å². The first-order valence-corrected chi connectivity index (χ1v) is 12.1. The van der Waals surface area contributed by atoms with Gasteiger partial charge in [0.25, 0.3) is 0 Å². The van der Waals surface area contributed by atoms with Crippen LogP contribution in [0.15, 0.2) is 73.3 Å². The molecular weight excluding hydrogens is 404 g/mol. The van der Waals surface area contributed by atoms with Crippen LogP contribution in [0.4, 0.5) is 0 Å². The van der Waals surface area contributed by atoms with Gasteiger partial charge in [0.2, 0.25) is 0 Å². The van der Waals surface area contributed by atoms with Crippen molar-refractivity contribution in [1.82, 2.24) is 0 Å². The molecule has 0 saturated carbocycles. The van der Waals surface area contributed by atoms with Crippen LogP contribution >= 0.6 is 0 Å². The van der Waals surface area contributed by atoms with Crippen LogP contribution in [-0.4, -0.2) is 12.6 Å². The molecule has 33 heavy (non-hydrogen) atoms. The Kier molecular flexibility index (Phi) is 9.06. The maximum Gasteiger partial charge on any atom is 0.330 e. The third-order valence-corrected chi connectivity index (χ3v) is 6.26. The summed E-state index contributed by atoms with van der Waals surface area (Å²) in [5.74, 6) is -0.371. The van der Waals surface area contributed by atoms with Crippen molar-refractivity contribution in [1.29, 1.82) is 0 Å². The molecule has 3 rings (SSSR count). The summed E-state index contributed by atoms with van der Waals surface area (Å²) in [5, 5.41) is 0. The molecule has 0 bridgehead atoms. The third-order valence-electron chi connectivity index (χ3n) is 6.26. The highest BCUT2D eigenvalue weighted by Crippen LogP contribution is 2.28. The van der Waals surface area contributed by atoms with Gasteiger partial charge >= 0.3 is 5.97 Å². The summed E-state index contributed by atoms with van der Waals surface area (Å²) in [6.45, 7) is 10.4. The second-order valence-corrected chi connectivity index (χ2v) is 8.67. The fourth-order valence-corrected chi connectivity index (χ4v) is 4.26. The quantitative estimate of drug-likeness (QED) is 0.232. The zero-order valence-corrected chi connectivity index (χ0v) is 20.3. The molecule has 0 heterocycles. The molecule has 0 saturated heterocycles. The Morgan fingerprint density at radius 3 is 2.15 bits per heavy atom. The van der Waals surface area contributed by atoms with E-state index in [1.807, 2.05) is 0 Å². The van der Waals surface area contributed by atoms with Gasteiger partial charge in [0.15, 0.2) is 0 Å². The molecule has 3 aromatic carbocycles. The molecule has 0 atom stereocenters. The van der Waals surface area contributed by atoms with E-state index in [0.29, 0.717) is 13.0 Å². The van der Waals surface area contributed by atoms with Gasteiger partial charge in [0.1, 0.15) is 0 Å². The molecular formula is C31H36O2. The summed E-state index contributed by atoms with van der Waals surface area (Å²) in [7, 11) is 0. The van der Waals surface area contributed by atoms with Crippen molar-refractivity contribution < 1.29 is 9.53 Å². The Labute approximate surface area is 199 Å². The monoisotopic (exact) mass is 440 g/mol. The normalized spacial score (nSPS) is 10.8. The molecule has 0 fully saturated rings. The zero-order chi connectivity index (χ0) is 23.6. The lowest BCUT2D eigenvalue weighted by molar-refractivity contribution is -0.137. The van der Waals surface area contributed by atoms with E-state index < -0.39 is 0 Å². The number of ether oxygens (including phenoxy) is 1. The van der Waals surface area contributed by atoms with E-state index in [0.717, 1.165) is 25.7 Å². The maximum absolute atomic E-state index is 11.3. The maximum atomic E-state index is 11.3. The van der Waals surface area contributed by atoms with Crippen LogP contribution in [0.5, 0.6) is 0 Å². The largest absolute Gasteiger partial charge is 0.462 e. The van der Waals surface area contributed by atoms with Crippen LogP contribution in [0.2, 0.25) is 0 Å². The summed E-state index contributed by atoms with van der Waals surface area (Å²) in [6.07, 6.45) is 7.37. The summed E-state index contributed by atoms with van der Waals surface area (Å²) in [5.41, 5.74) is 10.5. The third kappa shape index (κ3) is 6.92. The highest BCUT2D eigenvalue weighted by molar-refractivity contribution is 5.81. The van der Waals surface area contributed by atoms with Crippen molar-refractivity contribution in [3.8, 4) is 11.1 Å². The molecule has 0 aromatic heterocycles. The van der Waals surface area contributed by atoms with E-state index in [2.05, 4.69) is 88.0 Å². The van der Waals surface area contributed by atoms with Gasteiger partial charge in [0.05, 0.1) is 6.61 Å². The summed E-state index contributed by atoms with van der Waals surface area (Å²) >= 11 is 0. The number of carbonyl (C=O) groups excluding carboxylic acids is 1. The van der Waals surface area contributed by atoms with E-state index in [9.17, 15) is 4.79 Å². The van der Waals surface area contributed by atoms with Gasteiger partial charge in [0, 0.05) is 12.5 Å². The van der Waals surface area contributed by atoms with Crippen LogP contribution in [0.25, 0.3) is 11.1 Å². The summed E-state index contributed by atoms with van der Waals surface area (Å²) in [4.78, 5) is 11.3. The standard InChI is InChI=1S/C31H36O2/c1-5-8-24-10-12-25(13-11-24)14-15-26-16-18-30(27(6-2)21-26)29-17-9-23(4)28(22-29)19-20-33-31(32)7-3/h7,9-13,16-18,21-22H,3,5-6,8,14-15,19-20H2,1-2,4H3. The molecule has 172 valence electrons. The fraction of sp³-hybridized carbons (Fsp3) is 0.323. The fourth-order valence-electron chi connectivity index (χ4n) is 4.26. The predicted molar refractivity (Wildman–Crippen MR) is 139 cm³/mol. The molecule has 0 spiro atoms. The average Bonchev–Trinajstić information content (AvgIpc) is 2.84. The van der Waals surface area contributed by atoms with Crippen molar-refractivity contribution in [2.45, 2.75) is 59.3 Å². The number of rotatable bonds is 11. The lowest BCUT2D eigenvalue weighted by Crippen LogP contribution is -2.05. The number of esters is 1.